The van der Waals surface area contributed by atoms with Crippen molar-refractivity contribution in [2.24, 2.45) is 0 Å². The highest BCUT2D eigenvalue weighted by Gasteiger charge is 2.15. The summed E-state index contributed by atoms with van der Waals surface area (Å²) in [6.45, 7) is 0. The van der Waals surface area contributed by atoms with Crippen LogP contribution in [0.3, 0.4) is 0 Å². The zero-order valence-electron chi connectivity index (χ0n) is 8.41. The van der Waals surface area contributed by atoms with Gasteiger partial charge in [0.25, 0.3) is 0 Å². The second kappa shape index (κ2) is 4.48. The molecule has 0 atom stereocenters. The minimum atomic E-state index is -0.509. The van der Waals surface area contributed by atoms with Crippen LogP contribution in [0.25, 0.3) is 0 Å². The second-order valence-corrected chi connectivity index (χ2v) is 3.25. The maximum atomic E-state index is 10.7. The molecule has 0 fully saturated rings. The van der Waals surface area contributed by atoms with Gasteiger partial charge in [0.1, 0.15) is 5.69 Å². The fourth-order valence-electron chi connectivity index (χ4n) is 1.43. The molecule has 0 amide bonds. The van der Waals surface area contributed by atoms with Gasteiger partial charge in [0.05, 0.1) is 6.20 Å². The maximum absolute atomic E-state index is 10.7. The van der Waals surface area contributed by atoms with E-state index in [0.717, 1.165) is 5.56 Å². The van der Waals surface area contributed by atoms with Gasteiger partial charge in [-0.1, -0.05) is 30.3 Å². The zero-order valence-corrected chi connectivity index (χ0v) is 8.41. The van der Waals surface area contributed by atoms with E-state index in [1.54, 1.807) is 0 Å². The molecule has 0 radical (unpaired) electrons. The Morgan fingerprint density at radius 2 is 1.81 bits per heavy atom. The Morgan fingerprint density at radius 3 is 2.50 bits per heavy atom. The maximum Gasteiger partial charge on any atom is 0.385 e. The highest BCUT2D eigenvalue weighted by molar-refractivity contribution is 5.31. The first-order chi connectivity index (χ1) is 7.77. The molecule has 2 aromatic rings. The Hall–Kier alpha value is -2.30. The first-order valence-electron chi connectivity index (χ1n) is 4.75. The van der Waals surface area contributed by atoms with Gasteiger partial charge >= 0.3 is 5.82 Å². The van der Waals surface area contributed by atoms with Crippen LogP contribution in [-0.4, -0.2) is 14.9 Å². The minimum Gasteiger partial charge on any atom is -0.358 e. The van der Waals surface area contributed by atoms with E-state index in [2.05, 4.69) is 9.97 Å². The standard InChI is InChI=1S/C11H9N3O2/c15-14(16)11-10(12-6-7-13-11)8-9-4-2-1-3-5-9/h1-7H,8H2. The predicted molar refractivity (Wildman–Crippen MR) is 57.9 cm³/mol. The van der Waals surface area contributed by atoms with E-state index in [-0.39, 0.29) is 5.82 Å². The Kier molecular flexibility index (Phi) is 2.86. The molecule has 0 saturated heterocycles. The summed E-state index contributed by atoms with van der Waals surface area (Å²) in [6, 6.07) is 9.47. The van der Waals surface area contributed by atoms with Crippen LogP contribution in [-0.2, 0) is 6.42 Å². The van der Waals surface area contributed by atoms with Crippen molar-refractivity contribution in [1.29, 1.82) is 0 Å². The lowest BCUT2D eigenvalue weighted by Crippen LogP contribution is -2.01. The van der Waals surface area contributed by atoms with E-state index in [4.69, 9.17) is 0 Å². The lowest BCUT2D eigenvalue weighted by Gasteiger charge is -2.00. The number of nitrogens with zero attached hydrogens (tertiary/aromatic N) is 3. The molecule has 0 saturated carbocycles. The SMILES string of the molecule is O=[N+]([O-])c1nccnc1Cc1ccccc1. The number of hydrogen-bond donors (Lipinski definition) is 0. The van der Waals surface area contributed by atoms with Crippen molar-refractivity contribution >= 4 is 5.82 Å². The minimum absolute atomic E-state index is 0.175. The summed E-state index contributed by atoms with van der Waals surface area (Å²) in [7, 11) is 0. The van der Waals surface area contributed by atoms with Gasteiger partial charge < -0.3 is 10.1 Å². The van der Waals surface area contributed by atoms with Gasteiger partial charge in [-0.15, -0.1) is 0 Å². The number of hydrogen-bond acceptors (Lipinski definition) is 4. The fraction of sp³-hybridized carbons (Fsp3) is 0.0909. The van der Waals surface area contributed by atoms with Gasteiger partial charge in [-0.25, -0.2) is 4.98 Å². The van der Waals surface area contributed by atoms with E-state index in [0.29, 0.717) is 12.1 Å². The van der Waals surface area contributed by atoms with Gasteiger partial charge in [-0.05, 0) is 15.5 Å². The average molecular weight is 215 g/mol. The molecule has 1 aromatic carbocycles. The molecule has 0 unspecified atom stereocenters. The molecule has 0 aliphatic carbocycles. The molecule has 5 heteroatoms. The summed E-state index contributed by atoms with van der Waals surface area (Å²) in [6.07, 6.45) is 3.21. The quantitative estimate of drug-likeness (QED) is 0.579. The molecule has 80 valence electrons. The highest BCUT2D eigenvalue weighted by atomic mass is 16.6. The zero-order chi connectivity index (χ0) is 11.4. The molecule has 1 heterocycles. The monoisotopic (exact) mass is 215 g/mol. The molecule has 0 bridgehead atoms. The third kappa shape index (κ3) is 2.20. The van der Waals surface area contributed by atoms with Crippen LogP contribution in [0.1, 0.15) is 11.3 Å². The molecule has 0 N–H and O–H groups in total. The number of aromatic nitrogens is 2. The van der Waals surface area contributed by atoms with Crippen molar-refractivity contribution in [3.63, 3.8) is 0 Å². The lowest BCUT2D eigenvalue weighted by atomic mass is 10.1. The normalized spacial score (nSPS) is 10.0. The Balaban J connectivity index is 2.31. The summed E-state index contributed by atoms with van der Waals surface area (Å²) >= 11 is 0. The van der Waals surface area contributed by atoms with E-state index >= 15 is 0 Å². The first kappa shape index (κ1) is 10.2. The van der Waals surface area contributed by atoms with Gasteiger partial charge in [-0.2, -0.15) is 0 Å². The smallest absolute Gasteiger partial charge is 0.358 e. The molecular weight excluding hydrogens is 206 g/mol. The second-order valence-electron chi connectivity index (χ2n) is 3.25. The molecule has 0 aliphatic rings. The van der Waals surface area contributed by atoms with Crippen LogP contribution < -0.4 is 0 Å². The summed E-state index contributed by atoms with van der Waals surface area (Å²) in [5.74, 6) is -0.175. The lowest BCUT2D eigenvalue weighted by molar-refractivity contribution is -0.390. The van der Waals surface area contributed by atoms with Crippen LogP contribution in [0, 0.1) is 10.1 Å². The Morgan fingerprint density at radius 1 is 1.12 bits per heavy atom. The van der Waals surface area contributed by atoms with Gasteiger partial charge in [0.15, 0.2) is 6.20 Å². The van der Waals surface area contributed by atoms with E-state index in [1.807, 2.05) is 30.3 Å². The molecule has 16 heavy (non-hydrogen) atoms. The van der Waals surface area contributed by atoms with Crippen molar-refractivity contribution in [2.45, 2.75) is 6.42 Å². The van der Waals surface area contributed by atoms with Crippen molar-refractivity contribution < 1.29 is 4.92 Å². The fourth-order valence-corrected chi connectivity index (χ4v) is 1.43. The van der Waals surface area contributed by atoms with Crippen molar-refractivity contribution in [2.75, 3.05) is 0 Å². The van der Waals surface area contributed by atoms with E-state index in [1.165, 1.54) is 12.4 Å². The van der Waals surface area contributed by atoms with E-state index in [9.17, 15) is 10.1 Å². The molecule has 2 rings (SSSR count). The van der Waals surface area contributed by atoms with Crippen LogP contribution in [0.4, 0.5) is 5.82 Å². The molecule has 0 spiro atoms. The predicted octanol–water partition coefficient (Wildman–Crippen LogP) is 1.98. The van der Waals surface area contributed by atoms with Gasteiger partial charge in [-0.3, -0.25) is 0 Å². The Bertz CT molecular complexity index is 500. The summed E-state index contributed by atoms with van der Waals surface area (Å²) in [5.41, 5.74) is 1.37. The molecule has 0 aliphatic heterocycles. The highest BCUT2D eigenvalue weighted by Crippen LogP contribution is 2.15. The Labute approximate surface area is 91.9 Å². The van der Waals surface area contributed by atoms with Crippen LogP contribution in [0.5, 0.6) is 0 Å². The third-order valence-corrected chi connectivity index (χ3v) is 2.14. The average Bonchev–Trinajstić information content (AvgIpc) is 2.31. The van der Waals surface area contributed by atoms with Crippen LogP contribution >= 0.6 is 0 Å². The van der Waals surface area contributed by atoms with E-state index < -0.39 is 4.92 Å². The molecule has 1 aromatic heterocycles. The molecular formula is C11H9N3O2. The number of benzene rings is 1. The van der Waals surface area contributed by atoms with Crippen LogP contribution in [0.2, 0.25) is 0 Å². The van der Waals surface area contributed by atoms with Gasteiger partial charge in [0.2, 0.25) is 0 Å². The van der Waals surface area contributed by atoms with Crippen molar-refractivity contribution in [3.05, 3.63) is 64.1 Å². The third-order valence-electron chi connectivity index (χ3n) is 2.14. The topological polar surface area (TPSA) is 68.9 Å². The summed E-state index contributed by atoms with van der Waals surface area (Å²) in [4.78, 5) is 17.9. The van der Waals surface area contributed by atoms with Crippen LogP contribution in [0.15, 0.2) is 42.7 Å². The molecule has 5 nitrogen and oxygen atoms in total. The van der Waals surface area contributed by atoms with Gasteiger partial charge in [0, 0.05) is 6.42 Å². The van der Waals surface area contributed by atoms with Crippen molar-refractivity contribution in [1.82, 2.24) is 9.97 Å². The first-order valence-corrected chi connectivity index (χ1v) is 4.75. The number of nitro groups is 1. The largest absolute Gasteiger partial charge is 0.385 e. The summed E-state index contributed by atoms with van der Waals surface area (Å²) in [5, 5.41) is 10.7. The van der Waals surface area contributed by atoms with Crippen molar-refractivity contribution in [3.8, 4) is 0 Å². The summed E-state index contributed by atoms with van der Waals surface area (Å²) < 4.78 is 0. The number of rotatable bonds is 3.